The van der Waals surface area contributed by atoms with Crippen LogP contribution in [0.3, 0.4) is 0 Å². The van der Waals surface area contributed by atoms with Gasteiger partial charge in [-0.3, -0.25) is 26.0 Å². The molecular formula is C7H5F3N4O4. The van der Waals surface area contributed by atoms with Crippen molar-refractivity contribution in [1.82, 2.24) is 0 Å². The van der Waals surface area contributed by atoms with E-state index in [1.807, 2.05) is 0 Å². The fourth-order valence-electron chi connectivity index (χ4n) is 1.23. The van der Waals surface area contributed by atoms with Crippen molar-refractivity contribution in [3.05, 3.63) is 37.7 Å². The standard InChI is InChI=1S/C7H5F3N4O4/c8-4-3(13(15)16)1-2(7(9,10)12)5(11)6(4)14(17)18/h1H,11-12H2. The Morgan fingerprint density at radius 2 is 1.72 bits per heavy atom. The average molecular weight is 266 g/mol. The number of nitrogens with two attached hydrogens (primary N) is 2. The summed E-state index contributed by atoms with van der Waals surface area (Å²) in [6.07, 6.45) is 0. The van der Waals surface area contributed by atoms with Crippen LogP contribution in [0.15, 0.2) is 6.07 Å². The van der Waals surface area contributed by atoms with Crippen molar-refractivity contribution in [1.29, 1.82) is 0 Å². The molecular weight excluding hydrogens is 261 g/mol. The first-order valence-corrected chi connectivity index (χ1v) is 4.15. The second-order valence-corrected chi connectivity index (χ2v) is 3.16. The quantitative estimate of drug-likeness (QED) is 0.365. The molecule has 0 radical (unpaired) electrons. The van der Waals surface area contributed by atoms with Crippen LogP contribution in [-0.4, -0.2) is 9.85 Å². The van der Waals surface area contributed by atoms with Gasteiger partial charge >= 0.3 is 17.4 Å². The molecule has 0 aliphatic rings. The first kappa shape index (κ1) is 13.6. The number of benzene rings is 1. The molecule has 8 nitrogen and oxygen atoms in total. The van der Waals surface area contributed by atoms with Crippen LogP contribution in [0.2, 0.25) is 0 Å². The Morgan fingerprint density at radius 3 is 2.06 bits per heavy atom. The second kappa shape index (κ2) is 4.10. The third-order valence-electron chi connectivity index (χ3n) is 2.00. The van der Waals surface area contributed by atoms with Gasteiger partial charge in [0, 0.05) is 6.07 Å². The van der Waals surface area contributed by atoms with Gasteiger partial charge in [-0.1, -0.05) is 0 Å². The minimum absolute atomic E-state index is 0.0671. The third-order valence-corrected chi connectivity index (χ3v) is 2.00. The van der Waals surface area contributed by atoms with E-state index in [0.717, 1.165) is 0 Å². The third kappa shape index (κ3) is 2.15. The lowest BCUT2D eigenvalue weighted by Gasteiger charge is -2.13. The molecule has 1 rings (SSSR count). The van der Waals surface area contributed by atoms with Crippen LogP contribution < -0.4 is 11.5 Å². The zero-order valence-electron chi connectivity index (χ0n) is 8.39. The van der Waals surface area contributed by atoms with Crippen molar-refractivity contribution >= 4 is 17.1 Å². The Bertz CT molecular complexity index is 542. The Labute approximate surface area is 96.3 Å². The highest BCUT2D eigenvalue weighted by atomic mass is 19.3. The van der Waals surface area contributed by atoms with Gasteiger partial charge in [0.2, 0.25) is 0 Å². The molecule has 4 N–H and O–H groups in total. The minimum Gasteiger partial charge on any atom is -0.393 e. The molecule has 0 spiro atoms. The molecule has 0 unspecified atom stereocenters. The summed E-state index contributed by atoms with van der Waals surface area (Å²) in [6.45, 7) is 0. The van der Waals surface area contributed by atoms with Gasteiger partial charge in [-0.15, -0.1) is 0 Å². The van der Waals surface area contributed by atoms with E-state index in [4.69, 9.17) is 5.73 Å². The lowest BCUT2D eigenvalue weighted by Crippen LogP contribution is -2.27. The van der Waals surface area contributed by atoms with Gasteiger partial charge in [0.1, 0.15) is 5.69 Å². The van der Waals surface area contributed by atoms with Gasteiger partial charge in [-0.2, -0.15) is 13.2 Å². The number of anilines is 1. The van der Waals surface area contributed by atoms with Crippen LogP contribution in [0.25, 0.3) is 0 Å². The van der Waals surface area contributed by atoms with Crippen molar-refractivity contribution < 1.29 is 23.0 Å². The number of nitro benzene ring substituents is 2. The Hall–Kier alpha value is -2.43. The summed E-state index contributed by atoms with van der Waals surface area (Å²) in [6, 6.07) is -4.11. The predicted octanol–water partition coefficient (Wildman–Crippen LogP) is 1.23. The number of rotatable bonds is 3. The Kier molecular flexibility index (Phi) is 3.11. The number of nitrogen functional groups attached to an aromatic ring is 1. The first-order chi connectivity index (χ1) is 8.07. The number of nitro groups is 2. The summed E-state index contributed by atoms with van der Waals surface area (Å²) in [5.74, 6) is -1.91. The average Bonchev–Trinajstić information content (AvgIpc) is 2.13. The van der Waals surface area contributed by atoms with Crippen LogP contribution in [-0.2, 0) is 6.05 Å². The summed E-state index contributed by atoms with van der Waals surface area (Å²) in [7, 11) is 0. The van der Waals surface area contributed by atoms with E-state index in [-0.39, 0.29) is 6.07 Å². The maximum atomic E-state index is 13.4. The number of hydrogen-bond donors (Lipinski definition) is 2. The van der Waals surface area contributed by atoms with E-state index in [1.165, 1.54) is 0 Å². The Balaban J connectivity index is 3.78. The van der Waals surface area contributed by atoms with Crippen LogP contribution >= 0.6 is 0 Å². The van der Waals surface area contributed by atoms with Gasteiger partial charge in [0.25, 0.3) is 5.82 Å². The number of nitrogens with zero attached hydrogens (tertiary/aromatic N) is 2. The van der Waals surface area contributed by atoms with Gasteiger partial charge in [-0.05, 0) is 0 Å². The molecule has 0 saturated carbocycles. The molecule has 0 heterocycles. The predicted molar refractivity (Wildman–Crippen MR) is 52.2 cm³/mol. The molecule has 0 fully saturated rings. The van der Waals surface area contributed by atoms with Crippen molar-refractivity contribution in [3.63, 3.8) is 0 Å². The summed E-state index contributed by atoms with van der Waals surface area (Å²) >= 11 is 0. The van der Waals surface area contributed by atoms with Crippen LogP contribution in [0, 0.1) is 26.0 Å². The monoisotopic (exact) mass is 266 g/mol. The highest BCUT2D eigenvalue weighted by Crippen LogP contribution is 2.39. The SMILES string of the molecule is Nc1c(C(N)(F)F)cc([N+](=O)[O-])c(F)c1[N+](=O)[O-]. The fourth-order valence-corrected chi connectivity index (χ4v) is 1.23. The van der Waals surface area contributed by atoms with E-state index in [1.54, 1.807) is 0 Å². The smallest absolute Gasteiger partial charge is 0.335 e. The van der Waals surface area contributed by atoms with Gasteiger partial charge in [0.05, 0.1) is 15.4 Å². The molecule has 0 atom stereocenters. The first-order valence-electron chi connectivity index (χ1n) is 4.15. The molecule has 0 aliphatic carbocycles. The summed E-state index contributed by atoms with van der Waals surface area (Å²) in [5.41, 5.74) is 3.59. The molecule has 98 valence electrons. The zero-order valence-corrected chi connectivity index (χ0v) is 8.39. The maximum absolute atomic E-state index is 13.4. The molecule has 0 bridgehead atoms. The van der Waals surface area contributed by atoms with Crippen molar-refractivity contribution in [2.75, 3.05) is 5.73 Å². The molecule has 0 saturated heterocycles. The van der Waals surface area contributed by atoms with E-state index in [0.29, 0.717) is 0 Å². The minimum atomic E-state index is -4.17. The van der Waals surface area contributed by atoms with Gasteiger partial charge in [-0.25, -0.2) is 0 Å². The van der Waals surface area contributed by atoms with Crippen LogP contribution in [0.5, 0.6) is 0 Å². The molecule has 0 aromatic heterocycles. The van der Waals surface area contributed by atoms with E-state index >= 15 is 0 Å². The topological polar surface area (TPSA) is 138 Å². The Morgan fingerprint density at radius 1 is 1.22 bits per heavy atom. The maximum Gasteiger partial charge on any atom is 0.335 e. The van der Waals surface area contributed by atoms with Crippen molar-refractivity contribution in [2.45, 2.75) is 6.05 Å². The van der Waals surface area contributed by atoms with Crippen molar-refractivity contribution in [2.24, 2.45) is 5.73 Å². The molecule has 1 aromatic carbocycles. The van der Waals surface area contributed by atoms with Crippen LogP contribution in [0.1, 0.15) is 5.56 Å². The van der Waals surface area contributed by atoms with Gasteiger partial charge < -0.3 is 5.73 Å². The number of alkyl halides is 2. The summed E-state index contributed by atoms with van der Waals surface area (Å²) in [4.78, 5) is 18.0. The highest BCUT2D eigenvalue weighted by Gasteiger charge is 2.39. The summed E-state index contributed by atoms with van der Waals surface area (Å²) < 4.78 is 39.1. The van der Waals surface area contributed by atoms with E-state index in [2.05, 4.69) is 5.73 Å². The van der Waals surface area contributed by atoms with E-state index in [9.17, 15) is 33.4 Å². The lowest BCUT2D eigenvalue weighted by atomic mass is 10.1. The fraction of sp³-hybridized carbons (Fsp3) is 0.143. The van der Waals surface area contributed by atoms with Gasteiger partial charge in [0.15, 0.2) is 0 Å². The molecule has 11 heteroatoms. The van der Waals surface area contributed by atoms with Crippen LogP contribution in [0.4, 0.5) is 30.2 Å². The molecule has 18 heavy (non-hydrogen) atoms. The second-order valence-electron chi connectivity index (χ2n) is 3.16. The molecule has 0 aliphatic heterocycles. The molecule has 1 aromatic rings. The molecule has 0 amide bonds. The number of hydrogen-bond acceptors (Lipinski definition) is 6. The largest absolute Gasteiger partial charge is 0.393 e. The number of halogens is 3. The summed E-state index contributed by atoms with van der Waals surface area (Å²) in [5, 5.41) is 20.9. The zero-order chi connectivity index (χ0) is 14.2. The lowest BCUT2D eigenvalue weighted by molar-refractivity contribution is -0.398. The van der Waals surface area contributed by atoms with Crippen molar-refractivity contribution in [3.8, 4) is 0 Å². The normalized spacial score (nSPS) is 11.3. The van der Waals surface area contributed by atoms with E-state index < -0.39 is 44.3 Å². The highest BCUT2D eigenvalue weighted by molar-refractivity contribution is 5.69.